The molecule has 0 aromatic carbocycles. The van der Waals surface area contributed by atoms with Gasteiger partial charge >= 0.3 is 0 Å². The van der Waals surface area contributed by atoms with Crippen LogP contribution in [0.15, 0.2) is 22.4 Å². The van der Waals surface area contributed by atoms with Gasteiger partial charge in [-0.1, -0.05) is 6.07 Å². The molecular weight excluding hydrogens is 282 g/mol. The van der Waals surface area contributed by atoms with E-state index in [2.05, 4.69) is 54.3 Å². The van der Waals surface area contributed by atoms with E-state index in [9.17, 15) is 0 Å². The van der Waals surface area contributed by atoms with Gasteiger partial charge in [-0.25, -0.2) is 4.98 Å². The number of aromatic nitrogens is 4. The second-order valence-electron chi connectivity index (χ2n) is 6.26. The molecule has 0 aliphatic heterocycles. The van der Waals surface area contributed by atoms with Crippen molar-refractivity contribution in [2.45, 2.75) is 56.9 Å². The van der Waals surface area contributed by atoms with E-state index < -0.39 is 0 Å². The Labute approximate surface area is 130 Å². The van der Waals surface area contributed by atoms with Crippen molar-refractivity contribution in [3.63, 3.8) is 0 Å². The maximum atomic E-state index is 4.57. The first kappa shape index (κ1) is 16.0. The van der Waals surface area contributed by atoms with E-state index in [0.29, 0.717) is 0 Å². The molecule has 0 spiro atoms. The number of rotatable bonds is 4. The van der Waals surface area contributed by atoms with Crippen molar-refractivity contribution in [2.24, 2.45) is 7.05 Å². The molecule has 0 saturated carbocycles. The largest absolute Gasteiger partial charge is 0.309 e. The third kappa shape index (κ3) is 4.28. The van der Waals surface area contributed by atoms with Gasteiger partial charge in [0.25, 0.3) is 0 Å². The normalized spacial score (nSPS) is 11.9. The maximum absolute atomic E-state index is 4.57. The van der Waals surface area contributed by atoms with Crippen LogP contribution in [0.25, 0.3) is 0 Å². The Bertz CT molecular complexity index is 627. The van der Waals surface area contributed by atoms with Gasteiger partial charge < -0.3 is 9.88 Å². The summed E-state index contributed by atoms with van der Waals surface area (Å²) >= 11 is 1.55. The first-order chi connectivity index (χ1) is 9.76. The van der Waals surface area contributed by atoms with Crippen molar-refractivity contribution in [2.75, 3.05) is 0 Å². The molecule has 0 amide bonds. The molecule has 0 radical (unpaired) electrons. The number of hydrogen-bond acceptors (Lipinski definition) is 5. The second-order valence-corrected chi connectivity index (χ2v) is 7.22. The van der Waals surface area contributed by atoms with Crippen molar-refractivity contribution in [3.05, 3.63) is 29.2 Å². The van der Waals surface area contributed by atoms with E-state index in [-0.39, 0.29) is 5.54 Å². The molecule has 6 heteroatoms. The highest BCUT2D eigenvalue weighted by molar-refractivity contribution is 7.99. The zero-order valence-corrected chi connectivity index (χ0v) is 14.4. The van der Waals surface area contributed by atoms with Crippen molar-refractivity contribution < 1.29 is 0 Å². The average molecular weight is 305 g/mol. The molecule has 2 rings (SSSR count). The van der Waals surface area contributed by atoms with Gasteiger partial charge in [-0.2, -0.15) is 0 Å². The Hall–Kier alpha value is -1.40. The second kappa shape index (κ2) is 6.15. The lowest BCUT2D eigenvalue weighted by molar-refractivity contribution is 0.424. The van der Waals surface area contributed by atoms with Gasteiger partial charge in [0.2, 0.25) is 0 Å². The highest BCUT2D eigenvalue weighted by atomic mass is 32.2. The fourth-order valence-electron chi connectivity index (χ4n) is 1.75. The highest BCUT2D eigenvalue weighted by Gasteiger charge is 2.12. The maximum Gasteiger partial charge on any atom is 0.197 e. The van der Waals surface area contributed by atoms with E-state index in [1.54, 1.807) is 11.8 Å². The number of hydrogen-bond donors (Lipinski definition) is 1. The lowest BCUT2D eigenvalue weighted by Gasteiger charge is -2.20. The van der Waals surface area contributed by atoms with Crippen molar-refractivity contribution in [3.8, 4) is 0 Å². The third-order valence-corrected chi connectivity index (χ3v) is 4.31. The summed E-state index contributed by atoms with van der Waals surface area (Å²) in [7, 11) is 1.97. The quantitative estimate of drug-likeness (QED) is 0.941. The van der Waals surface area contributed by atoms with Crippen LogP contribution < -0.4 is 5.32 Å². The van der Waals surface area contributed by atoms with Gasteiger partial charge in [0.05, 0.1) is 0 Å². The van der Waals surface area contributed by atoms with Crippen LogP contribution in [-0.2, 0) is 13.6 Å². The molecule has 21 heavy (non-hydrogen) atoms. The topological polar surface area (TPSA) is 55.6 Å². The summed E-state index contributed by atoms with van der Waals surface area (Å²) in [4.78, 5) is 4.57. The molecule has 114 valence electrons. The molecular formula is C15H23N5S. The van der Waals surface area contributed by atoms with Crippen LogP contribution >= 0.6 is 11.8 Å². The summed E-state index contributed by atoms with van der Waals surface area (Å²) in [5, 5.41) is 13.6. The summed E-state index contributed by atoms with van der Waals surface area (Å²) < 4.78 is 1.97. The Morgan fingerprint density at radius 3 is 2.48 bits per heavy atom. The smallest absolute Gasteiger partial charge is 0.197 e. The lowest BCUT2D eigenvalue weighted by Crippen LogP contribution is -2.35. The Balaban J connectivity index is 2.11. The van der Waals surface area contributed by atoms with Crippen molar-refractivity contribution >= 4 is 11.8 Å². The SMILES string of the molecule is Cc1cc(CNC(C)(C)C)cnc1Sc1nnc(C)n1C. The van der Waals surface area contributed by atoms with Gasteiger partial charge in [0.15, 0.2) is 5.16 Å². The van der Waals surface area contributed by atoms with Gasteiger partial charge in [-0.15, -0.1) is 10.2 Å². The summed E-state index contributed by atoms with van der Waals surface area (Å²) in [5.41, 5.74) is 2.46. The average Bonchev–Trinajstić information content (AvgIpc) is 2.70. The van der Waals surface area contributed by atoms with Crippen LogP contribution in [0.2, 0.25) is 0 Å². The minimum Gasteiger partial charge on any atom is -0.309 e. The summed E-state index contributed by atoms with van der Waals surface area (Å²) in [6, 6.07) is 2.18. The zero-order chi connectivity index (χ0) is 15.6. The Kier molecular flexibility index (Phi) is 4.68. The predicted molar refractivity (Wildman–Crippen MR) is 85.4 cm³/mol. The van der Waals surface area contributed by atoms with Gasteiger partial charge in [0.1, 0.15) is 10.9 Å². The standard InChI is InChI=1S/C15H23N5S/c1-10-7-12(9-17-15(3,4)5)8-16-13(10)21-14-19-18-11(2)20(14)6/h7-8,17H,9H2,1-6H3. The minimum absolute atomic E-state index is 0.109. The number of aryl methyl sites for hydroxylation is 2. The fraction of sp³-hybridized carbons (Fsp3) is 0.533. The zero-order valence-electron chi connectivity index (χ0n) is 13.6. The highest BCUT2D eigenvalue weighted by Crippen LogP contribution is 2.27. The van der Waals surface area contributed by atoms with Gasteiger partial charge in [-0.3, -0.25) is 0 Å². The lowest BCUT2D eigenvalue weighted by atomic mass is 10.1. The van der Waals surface area contributed by atoms with Crippen molar-refractivity contribution in [1.82, 2.24) is 25.1 Å². The monoisotopic (exact) mass is 305 g/mol. The molecule has 0 saturated heterocycles. The van der Waals surface area contributed by atoms with Crippen LogP contribution in [-0.4, -0.2) is 25.3 Å². The molecule has 5 nitrogen and oxygen atoms in total. The number of pyridine rings is 1. The van der Waals surface area contributed by atoms with E-state index in [1.807, 2.05) is 24.7 Å². The molecule has 2 aromatic heterocycles. The molecule has 0 aliphatic carbocycles. The van der Waals surface area contributed by atoms with Crippen molar-refractivity contribution in [1.29, 1.82) is 0 Å². The summed E-state index contributed by atoms with van der Waals surface area (Å²) in [6.07, 6.45) is 1.93. The van der Waals surface area contributed by atoms with E-state index in [1.165, 1.54) is 5.56 Å². The third-order valence-electron chi connectivity index (χ3n) is 3.15. The van der Waals surface area contributed by atoms with Crippen LogP contribution in [0.1, 0.15) is 37.7 Å². The fourth-order valence-corrected chi connectivity index (χ4v) is 2.60. The number of nitrogens with one attached hydrogen (secondary N) is 1. The summed E-state index contributed by atoms with van der Waals surface area (Å²) in [6.45, 7) is 11.3. The molecule has 0 unspecified atom stereocenters. The Morgan fingerprint density at radius 2 is 1.95 bits per heavy atom. The van der Waals surface area contributed by atoms with Crippen LogP contribution in [0.5, 0.6) is 0 Å². The molecule has 2 heterocycles. The predicted octanol–water partition coefficient (Wildman–Crippen LogP) is 2.87. The molecule has 2 aromatic rings. The molecule has 0 aliphatic rings. The Morgan fingerprint density at radius 1 is 1.24 bits per heavy atom. The molecule has 1 N–H and O–H groups in total. The van der Waals surface area contributed by atoms with Crippen LogP contribution in [0, 0.1) is 13.8 Å². The van der Waals surface area contributed by atoms with Crippen LogP contribution in [0.3, 0.4) is 0 Å². The van der Waals surface area contributed by atoms with E-state index in [0.717, 1.165) is 28.1 Å². The first-order valence-electron chi connectivity index (χ1n) is 7.00. The summed E-state index contributed by atoms with van der Waals surface area (Å²) in [5.74, 6) is 0.904. The number of nitrogens with zero attached hydrogens (tertiary/aromatic N) is 4. The molecule has 0 bridgehead atoms. The van der Waals surface area contributed by atoms with Gasteiger partial charge in [0, 0.05) is 25.3 Å². The van der Waals surface area contributed by atoms with E-state index in [4.69, 9.17) is 0 Å². The minimum atomic E-state index is 0.109. The molecule has 0 fully saturated rings. The first-order valence-corrected chi connectivity index (χ1v) is 7.82. The van der Waals surface area contributed by atoms with Crippen LogP contribution in [0.4, 0.5) is 0 Å². The molecule has 0 atom stereocenters. The van der Waals surface area contributed by atoms with Gasteiger partial charge in [-0.05, 0) is 57.5 Å². The van der Waals surface area contributed by atoms with E-state index >= 15 is 0 Å².